The molecule has 5 nitrogen and oxygen atoms in total. The fourth-order valence-corrected chi connectivity index (χ4v) is 3.56. The molecular weight excluding hydrogens is 378 g/mol. The highest BCUT2D eigenvalue weighted by Gasteiger charge is 2.28. The van der Waals surface area contributed by atoms with Gasteiger partial charge in [-0.2, -0.15) is 0 Å². The van der Waals surface area contributed by atoms with Gasteiger partial charge < -0.3 is 15.1 Å². The number of carboxylic acid groups (broad SMARTS) is 1. The number of nitrogens with zero attached hydrogens (tertiary/aromatic N) is 1. The Kier molecular flexibility index (Phi) is 9.63. The molecule has 3 atom stereocenters. The highest BCUT2D eigenvalue weighted by molar-refractivity contribution is 5.87. The van der Waals surface area contributed by atoms with Gasteiger partial charge in [-0.1, -0.05) is 38.1 Å². The summed E-state index contributed by atoms with van der Waals surface area (Å²) in [5.74, 6) is 5.49. The third kappa shape index (κ3) is 7.35. The lowest BCUT2D eigenvalue weighted by atomic mass is 9.99. The predicted octanol–water partition coefficient (Wildman–Crippen LogP) is 4.06. The van der Waals surface area contributed by atoms with E-state index in [0.717, 1.165) is 37.7 Å². The van der Waals surface area contributed by atoms with Crippen LogP contribution in [0.1, 0.15) is 68.3 Å². The van der Waals surface area contributed by atoms with Crippen molar-refractivity contribution in [2.75, 3.05) is 6.54 Å². The van der Waals surface area contributed by atoms with Gasteiger partial charge in [0.25, 0.3) is 0 Å². The van der Waals surface area contributed by atoms with Crippen LogP contribution in [0.3, 0.4) is 0 Å². The first-order chi connectivity index (χ1) is 14.4. The molecule has 1 heterocycles. The molecule has 30 heavy (non-hydrogen) atoms. The van der Waals surface area contributed by atoms with Crippen LogP contribution in [0, 0.1) is 17.8 Å². The molecule has 2 rings (SSSR count). The van der Waals surface area contributed by atoms with Crippen molar-refractivity contribution in [3.05, 3.63) is 47.5 Å². The summed E-state index contributed by atoms with van der Waals surface area (Å²) >= 11 is 0. The van der Waals surface area contributed by atoms with Gasteiger partial charge in [0.15, 0.2) is 0 Å². The summed E-state index contributed by atoms with van der Waals surface area (Å²) in [5.41, 5.74) is 1.25. The number of aliphatic hydroxyl groups is 1. The summed E-state index contributed by atoms with van der Waals surface area (Å²) in [6.45, 7) is 4.70. The predicted molar refractivity (Wildman–Crippen MR) is 118 cm³/mol. The van der Waals surface area contributed by atoms with Crippen LogP contribution in [0.25, 0.3) is 0 Å². The summed E-state index contributed by atoms with van der Waals surface area (Å²) in [6, 6.07) is 6.94. The average Bonchev–Trinajstić information content (AvgIpc) is 3.09. The molecular formula is C25H33NO4. The summed E-state index contributed by atoms with van der Waals surface area (Å²) in [4.78, 5) is 25.3. The lowest BCUT2D eigenvalue weighted by Gasteiger charge is -2.23. The highest BCUT2D eigenvalue weighted by Crippen LogP contribution is 2.22. The van der Waals surface area contributed by atoms with Gasteiger partial charge in [0.1, 0.15) is 0 Å². The van der Waals surface area contributed by atoms with Crippen molar-refractivity contribution in [1.82, 2.24) is 4.90 Å². The quantitative estimate of drug-likeness (QED) is 0.450. The Morgan fingerprint density at radius 1 is 1.37 bits per heavy atom. The third-order valence-corrected chi connectivity index (χ3v) is 5.45. The van der Waals surface area contributed by atoms with E-state index >= 15 is 0 Å². The zero-order valence-electron chi connectivity index (χ0n) is 18.0. The van der Waals surface area contributed by atoms with Gasteiger partial charge in [-0.05, 0) is 49.3 Å². The number of aromatic carboxylic acids is 1. The molecule has 1 aromatic carbocycles. The van der Waals surface area contributed by atoms with E-state index < -0.39 is 12.1 Å². The molecule has 1 amide bonds. The van der Waals surface area contributed by atoms with Gasteiger partial charge in [-0.3, -0.25) is 4.79 Å². The number of carboxylic acids is 1. The summed E-state index contributed by atoms with van der Waals surface area (Å²) in [6.07, 6.45) is 8.56. The molecule has 1 aliphatic rings. The number of benzene rings is 1. The second-order valence-corrected chi connectivity index (χ2v) is 7.96. The van der Waals surface area contributed by atoms with Crippen molar-refractivity contribution in [3.63, 3.8) is 0 Å². The third-order valence-electron chi connectivity index (χ3n) is 5.45. The molecule has 162 valence electrons. The van der Waals surface area contributed by atoms with E-state index in [1.165, 1.54) is 0 Å². The van der Waals surface area contributed by atoms with Gasteiger partial charge in [-0.15, -0.1) is 11.8 Å². The van der Waals surface area contributed by atoms with Crippen LogP contribution in [-0.4, -0.2) is 45.7 Å². The average molecular weight is 412 g/mol. The fraction of sp³-hybridized carbons (Fsp3) is 0.520. The van der Waals surface area contributed by atoms with Crippen molar-refractivity contribution in [2.24, 2.45) is 5.92 Å². The normalized spacial score (nSPS) is 18.3. The van der Waals surface area contributed by atoms with Gasteiger partial charge >= 0.3 is 5.97 Å². The Labute approximate surface area is 179 Å². The number of aliphatic hydroxyl groups excluding tert-OH is 1. The maximum atomic E-state index is 12.3. The first-order valence-corrected chi connectivity index (χ1v) is 10.9. The Morgan fingerprint density at radius 2 is 2.17 bits per heavy atom. The van der Waals surface area contributed by atoms with E-state index in [1.807, 2.05) is 24.0 Å². The topological polar surface area (TPSA) is 77.8 Å². The molecule has 0 radical (unpaired) electrons. The summed E-state index contributed by atoms with van der Waals surface area (Å²) < 4.78 is 0. The van der Waals surface area contributed by atoms with E-state index in [4.69, 9.17) is 5.11 Å². The van der Waals surface area contributed by atoms with E-state index in [9.17, 15) is 14.7 Å². The number of hydrogen-bond acceptors (Lipinski definition) is 3. The molecule has 0 bridgehead atoms. The minimum absolute atomic E-state index is 0.0101. The number of likely N-dealkylation sites (tertiary alicyclic amines) is 1. The van der Waals surface area contributed by atoms with Crippen molar-refractivity contribution in [1.29, 1.82) is 0 Å². The van der Waals surface area contributed by atoms with Gasteiger partial charge in [0.05, 0.1) is 17.7 Å². The SMILES string of the molecule is CCCC#CC[C@H](C)[C@@H](O)C=C[C@H]1CCC(=O)N1CCCc1cccc(C(=O)O)c1. The molecule has 0 saturated carbocycles. The number of hydrogen-bond donors (Lipinski definition) is 2. The van der Waals surface area contributed by atoms with E-state index in [-0.39, 0.29) is 23.4 Å². The van der Waals surface area contributed by atoms with Crippen LogP contribution >= 0.6 is 0 Å². The maximum Gasteiger partial charge on any atom is 0.335 e. The summed E-state index contributed by atoms with van der Waals surface area (Å²) in [7, 11) is 0. The molecule has 1 aromatic rings. The summed E-state index contributed by atoms with van der Waals surface area (Å²) in [5, 5.41) is 19.5. The minimum atomic E-state index is -0.930. The minimum Gasteiger partial charge on any atom is -0.478 e. The van der Waals surface area contributed by atoms with E-state index in [2.05, 4.69) is 18.8 Å². The first kappa shape index (κ1) is 23.7. The van der Waals surface area contributed by atoms with Crippen molar-refractivity contribution in [3.8, 4) is 11.8 Å². The van der Waals surface area contributed by atoms with Crippen molar-refractivity contribution in [2.45, 2.75) is 70.9 Å². The first-order valence-electron chi connectivity index (χ1n) is 10.9. The lowest BCUT2D eigenvalue weighted by Crippen LogP contribution is -2.33. The lowest BCUT2D eigenvalue weighted by molar-refractivity contribution is -0.128. The molecule has 0 aromatic heterocycles. The number of aryl methyl sites for hydroxylation is 1. The number of amides is 1. The Morgan fingerprint density at radius 3 is 2.90 bits per heavy atom. The standard InChI is InChI=1S/C25H33NO4/c1-3-4-5-6-9-19(2)23(27)15-13-22-14-16-24(28)26(22)17-8-11-20-10-7-12-21(18-20)25(29)30/h7,10,12-13,15,18-19,22-23,27H,3-4,8-9,11,14,16-17H2,1-2H3,(H,29,30)/t19-,22-,23-/m0/s1. The molecule has 0 aliphatic carbocycles. The molecule has 1 fully saturated rings. The highest BCUT2D eigenvalue weighted by atomic mass is 16.4. The number of unbranched alkanes of at least 4 members (excludes halogenated alkanes) is 1. The number of rotatable bonds is 10. The molecule has 5 heteroatoms. The van der Waals surface area contributed by atoms with E-state index in [0.29, 0.717) is 19.4 Å². The molecule has 1 saturated heterocycles. The molecule has 2 N–H and O–H groups in total. The van der Waals surface area contributed by atoms with Crippen LogP contribution in [0.5, 0.6) is 0 Å². The Balaban J connectivity index is 1.86. The van der Waals surface area contributed by atoms with Gasteiger partial charge in [-0.25, -0.2) is 4.79 Å². The van der Waals surface area contributed by atoms with Crippen LogP contribution < -0.4 is 0 Å². The molecule has 0 spiro atoms. The van der Waals surface area contributed by atoms with Crippen LogP contribution in [0.2, 0.25) is 0 Å². The van der Waals surface area contributed by atoms with Crippen LogP contribution in [0.15, 0.2) is 36.4 Å². The van der Waals surface area contributed by atoms with Crippen molar-refractivity contribution >= 4 is 11.9 Å². The zero-order valence-corrected chi connectivity index (χ0v) is 18.0. The monoisotopic (exact) mass is 411 g/mol. The van der Waals surface area contributed by atoms with Gasteiger partial charge in [0.2, 0.25) is 5.91 Å². The fourth-order valence-electron chi connectivity index (χ4n) is 3.56. The van der Waals surface area contributed by atoms with Crippen LogP contribution in [-0.2, 0) is 11.2 Å². The smallest absolute Gasteiger partial charge is 0.335 e. The Bertz CT molecular complexity index is 805. The maximum absolute atomic E-state index is 12.3. The largest absolute Gasteiger partial charge is 0.478 e. The zero-order chi connectivity index (χ0) is 21.9. The number of carbonyl (C=O) groups excluding carboxylic acids is 1. The van der Waals surface area contributed by atoms with Crippen molar-refractivity contribution < 1.29 is 19.8 Å². The second kappa shape index (κ2) is 12.2. The van der Waals surface area contributed by atoms with E-state index in [1.54, 1.807) is 24.3 Å². The second-order valence-electron chi connectivity index (χ2n) is 7.96. The molecule has 1 aliphatic heterocycles. The van der Waals surface area contributed by atoms with Crippen LogP contribution in [0.4, 0.5) is 0 Å². The molecule has 0 unspecified atom stereocenters. The van der Waals surface area contributed by atoms with Gasteiger partial charge in [0, 0.05) is 25.8 Å². The Hall–Kier alpha value is -2.58. The number of carbonyl (C=O) groups is 2.